The van der Waals surface area contributed by atoms with Crippen LogP contribution in [0.15, 0.2) is 34.4 Å². The van der Waals surface area contributed by atoms with Crippen LogP contribution >= 0.6 is 0 Å². The number of hydrogen-bond acceptors (Lipinski definition) is 0. The van der Waals surface area contributed by atoms with Gasteiger partial charge in [-0.2, -0.15) is 11.1 Å². The molecule has 0 nitrogen and oxygen atoms in total. The Hall–Kier alpha value is -0.157. The van der Waals surface area contributed by atoms with Crippen LogP contribution in [-0.2, 0) is 26.2 Å². The van der Waals surface area contributed by atoms with E-state index in [2.05, 4.69) is 52.0 Å². The Morgan fingerprint density at radius 1 is 0.810 bits per heavy atom. The average Bonchev–Trinajstić information content (AvgIpc) is 3.03. The van der Waals surface area contributed by atoms with Gasteiger partial charge in [-0.25, -0.2) is 35.5 Å². The topological polar surface area (TPSA) is 0 Å². The summed E-state index contributed by atoms with van der Waals surface area (Å²) in [7, 11) is 0. The Morgan fingerprint density at radius 2 is 1.19 bits per heavy atom. The second-order valence-electron chi connectivity index (χ2n) is 5.88. The van der Waals surface area contributed by atoms with Gasteiger partial charge in [-0.15, -0.1) is 0 Å². The first-order chi connectivity index (χ1) is 9.65. The SMILES string of the molecule is CCCCC1=CCC(C)=[C-]1.CCCCC1=CCC(C)=[C-]1.[Zr+2]. The molecule has 0 aliphatic heterocycles. The van der Waals surface area contributed by atoms with Crippen molar-refractivity contribution in [1.82, 2.24) is 0 Å². The summed E-state index contributed by atoms with van der Waals surface area (Å²) in [4.78, 5) is 0. The smallest absolute Gasteiger partial charge is 0.250 e. The van der Waals surface area contributed by atoms with Gasteiger partial charge >= 0.3 is 26.2 Å². The summed E-state index contributed by atoms with van der Waals surface area (Å²) in [6, 6.07) is 0. The summed E-state index contributed by atoms with van der Waals surface area (Å²) in [6.07, 6.45) is 21.3. The van der Waals surface area contributed by atoms with E-state index in [0.29, 0.717) is 0 Å². The van der Waals surface area contributed by atoms with Crippen LogP contribution in [0.25, 0.3) is 0 Å². The van der Waals surface area contributed by atoms with Gasteiger partial charge in [0.25, 0.3) is 0 Å². The second-order valence-corrected chi connectivity index (χ2v) is 5.88. The first-order valence-corrected chi connectivity index (χ1v) is 8.22. The van der Waals surface area contributed by atoms with E-state index in [1.54, 1.807) is 0 Å². The van der Waals surface area contributed by atoms with E-state index in [9.17, 15) is 0 Å². The van der Waals surface area contributed by atoms with Crippen LogP contribution in [0.1, 0.15) is 79.1 Å². The summed E-state index contributed by atoms with van der Waals surface area (Å²) in [5.41, 5.74) is 5.65. The summed E-state index contributed by atoms with van der Waals surface area (Å²) in [5.74, 6) is 0. The molecule has 0 bridgehead atoms. The minimum atomic E-state index is 0. The maximum atomic E-state index is 3.37. The fraction of sp³-hybridized carbons (Fsp3) is 0.600. The molecule has 2 aliphatic rings. The van der Waals surface area contributed by atoms with Crippen molar-refractivity contribution < 1.29 is 26.2 Å². The number of allylic oxidation sites excluding steroid dienone is 8. The number of rotatable bonds is 6. The Bertz CT molecular complexity index is 368. The zero-order valence-electron chi connectivity index (χ0n) is 14.3. The van der Waals surface area contributed by atoms with Crippen molar-refractivity contribution in [3.8, 4) is 0 Å². The molecule has 0 amide bonds. The second kappa shape index (κ2) is 12.4. The molecule has 0 spiro atoms. The van der Waals surface area contributed by atoms with Crippen LogP contribution in [0.3, 0.4) is 0 Å². The summed E-state index contributed by atoms with van der Waals surface area (Å²) >= 11 is 0. The quantitative estimate of drug-likeness (QED) is 0.473. The minimum Gasteiger partial charge on any atom is -0.250 e. The van der Waals surface area contributed by atoms with Crippen LogP contribution in [0.4, 0.5) is 0 Å². The Kier molecular flexibility index (Phi) is 12.3. The third-order valence-corrected chi connectivity index (χ3v) is 3.66. The van der Waals surface area contributed by atoms with E-state index >= 15 is 0 Å². The van der Waals surface area contributed by atoms with E-state index in [0.717, 1.165) is 12.8 Å². The van der Waals surface area contributed by atoms with Crippen molar-refractivity contribution in [3.63, 3.8) is 0 Å². The molecule has 114 valence electrons. The molecule has 0 saturated carbocycles. The van der Waals surface area contributed by atoms with E-state index in [1.165, 1.54) is 60.8 Å². The summed E-state index contributed by atoms with van der Waals surface area (Å²) < 4.78 is 0. The van der Waals surface area contributed by atoms with E-state index in [-0.39, 0.29) is 26.2 Å². The maximum absolute atomic E-state index is 3.37. The maximum Gasteiger partial charge on any atom is 2.00 e. The fourth-order valence-corrected chi connectivity index (χ4v) is 2.37. The Balaban J connectivity index is 0.000000364. The Labute approximate surface area is 151 Å². The average molecular weight is 362 g/mol. The first kappa shape index (κ1) is 20.8. The molecule has 0 atom stereocenters. The van der Waals surface area contributed by atoms with Gasteiger partial charge in [-0.3, -0.25) is 0 Å². The van der Waals surface area contributed by atoms with E-state index < -0.39 is 0 Å². The molecule has 2 rings (SSSR count). The number of unbranched alkanes of at least 4 members (excludes halogenated alkanes) is 2. The Morgan fingerprint density at radius 3 is 1.43 bits per heavy atom. The molecule has 0 unspecified atom stereocenters. The minimum absolute atomic E-state index is 0. The van der Waals surface area contributed by atoms with Gasteiger partial charge in [0.15, 0.2) is 0 Å². The number of hydrogen-bond donors (Lipinski definition) is 0. The van der Waals surface area contributed by atoms with Crippen molar-refractivity contribution in [1.29, 1.82) is 0 Å². The van der Waals surface area contributed by atoms with Gasteiger partial charge in [-0.05, 0) is 0 Å². The molecule has 2 aliphatic carbocycles. The van der Waals surface area contributed by atoms with Crippen molar-refractivity contribution >= 4 is 0 Å². The molecule has 0 fully saturated rings. The van der Waals surface area contributed by atoms with Gasteiger partial charge in [0.1, 0.15) is 0 Å². The van der Waals surface area contributed by atoms with Crippen LogP contribution < -0.4 is 0 Å². The van der Waals surface area contributed by atoms with Crippen LogP contribution in [0, 0.1) is 12.2 Å². The first-order valence-electron chi connectivity index (χ1n) is 8.22. The van der Waals surface area contributed by atoms with Crippen LogP contribution in [0.2, 0.25) is 0 Å². The van der Waals surface area contributed by atoms with Crippen molar-refractivity contribution in [2.45, 2.75) is 79.1 Å². The molecule has 0 saturated heterocycles. The molecular weight excluding hydrogens is 331 g/mol. The molecule has 21 heavy (non-hydrogen) atoms. The molecule has 1 heteroatoms. The molecule has 0 aromatic carbocycles. The van der Waals surface area contributed by atoms with Gasteiger partial charge in [0.05, 0.1) is 0 Å². The normalized spacial score (nSPS) is 16.2. The zero-order valence-corrected chi connectivity index (χ0v) is 16.8. The summed E-state index contributed by atoms with van der Waals surface area (Å²) in [6.45, 7) is 8.75. The monoisotopic (exact) mass is 360 g/mol. The molecule has 0 heterocycles. The molecule has 0 N–H and O–H groups in total. The van der Waals surface area contributed by atoms with Gasteiger partial charge in [0, 0.05) is 0 Å². The van der Waals surface area contributed by atoms with Crippen molar-refractivity contribution in [3.05, 3.63) is 46.6 Å². The van der Waals surface area contributed by atoms with Gasteiger partial charge < -0.3 is 0 Å². The third-order valence-electron chi connectivity index (χ3n) is 3.66. The third kappa shape index (κ3) is 9.46. The molecule has 0 radical (unpaired) electrons. The predicted octanol–water partition coefficient (Wildman–Crippen LogP) is 6.51. The summed E-state index contributed by atoms with van der Waals surface area (Å²) in [5, 5.41) is 0. The van der Waals surface area contributed by atoms with Gasteiger partial charge in [-0.1, -0.05) is 79.1 Å². The zero-order chi connectivity index (χ0) is 14.8. The van der Waals surface area contributed by atoms with Gasteiger partial charge in [0.2, 0.25) is 0 Å². The molecule has 0 aromatic rings. The molecule has 0 aromatic heterocycles. The predicted molar refractivity (Wildman–Crippen MR) is 89.3 cm³/mol. The van der Waals surface area contributed by atoms with Crippen LogP contribution in [-0.4, -0.2) is 0 Å². The van der Waals surface area contributed by atoms with Crippen LogP contribution in [0.5, 0.6) is 0 Å². The van der Waals surface area contributed by atoms with E-state index in [1.807, 2.05) is 0 Å². The standard InChI is InChI=1S/2C10H15.Zr/c2*1-3-4-5-10-7-6-9(2)8-10;/h2*7H,3-6H2,1-2H3;/q2*-1;+2. The van der Waals surface area contributed by atoms with Crippen molar-refractivity contribution in [2.24, 2.45) is 0 Å². The van der Waals surface area contributed by atoms with E-state index in [4.69, 9.17) is 0 Å². The largest absolute Gasteiger partial charge is 2.00 e. The van der Waals surface area contributed by atoms with Crippen molar-refractivity contribution in [2.75, 3.05) is 0 Å². The molecular formula is C20H30Zr. The fourth-order valence-electron chi connectivity index (χ4n) is 2.37.